The summed E-state index contributed by atoms with van der Waals surface area (Å²) in [7, 11) is 0. The van der Waals surface area contributed by atoms with Crippen molar-refractivity contribution in [2.75, 3.05) is 43.4 Å². The summed E-state index contributed by atoms with van der Waals surface area (Å²) < 4.78 is 19.1. The quantitative estimate of drug-likeness (QED) is 0.255. The van der Waals surface area contributed by atoms with Gasteiger partial charge < -0.3 is 20.5 Å². The van der Waals surface area contributed by atoms with Crippen LogP contribution in [-0.2, 0) is 17.6 Å². The number of aromatic nitrogens is 3. The lowest BCUT2D eigenvalue weighted by Gasteiger charge is -2.24. The summed E-state index contributed by atoms with van der Waals surface area (Å²) in [5, 5.41) is 16.1. The summed E-state index contributed by atoms with van der Waals surface area (Å²) in [6.45, 7) is 3.23. The molecule has 0 unspecified atom stereocenters. The van der Waals surface area contributed by atoms with Crippen LogP contribution in [0, 0.1) is 5.82 Å². The number of aliphatic carboxylic acids is 1. The van der Waals surface area contributed by atoms with Crippen LogP contribution < -0.4 is 15.4 Å². The van der Waals surface area contributed by atoms with E-state index in [4.69, 9.17) is 9.72 Å². The van der Waals surface area contributed by atoms with Crippen LogP contribution >= 0.6 is 0 Å². The molecule has 38 heavy (non-hydrogen) atoms. The SMILES string of the molecule is O=C(O)[C@H](CCN(CCCCc1ccc2c(n1)NCCC2)CCOc1cncc(F)c1)Nc1ccccn1. The molecule has 0 spiro atoms. The van der Waals surface area contributed by atoms with Crippen molar-refractivity contribution in [3.8, 4) is 5.75 Å². The van der Waals surface area contributed by atoms with Gasteiger partial charge in [-0.25, -0.2) is 19.2 Å². The molecule has 0 saturated carbocycles. The van der Waals surface area contributed by atoms with Gasteiger partial charge in [0.25, 0.3) is 0 Å². The summed E-state index contributed by atoms with van der Waals surface area (Å²) in [6.07, 6.45) is 9.62. The summed E-state index contributed by atoms with van der Waals surface area (Å²) in [5.41, 5.74) is 2.36. The van der Waals surface area contributed by atoms with Crippen molar-refractivity contribution in [1.82, 2.24) is 19.9 Å². The first-order valence-electron chi connectivity index (χ1n) is 13.2. The van der Waals surface area contributed by atoms with Gasteiger partial charge in [-0.15, -0.1) is 0 Å². The second-order valence-corrected chi connectivity index (χ2v) is 9.37. The van der Waals surface area contributed by atoms with Crippen LogP contribution in [0.3, 0.4) is 0 Å². The molecule has 4 heterocycles. The number of halogens is 1. The molecule has 1 atom stereocenters. The van der Waals surface area contributed by atoms with Gasteiger partial charge in [-0.05, 0) is 68.8 Å². The number of nitrogens with zero attached hydrogens (tertiary/aromatic N) is 4. The topological polar surface area (TPSA) is 112 Å². The molecule has 0 saturated heterocycles. The second kappa shape index (κ2) is 14.2. The van der Waals surface area contributed by atoms with Crippen molar-refractivity contribution in [2.24, 2.45) is 0 Å². The Labute approximate surface area is 222 Å². The van der Waals surface area contributed by atoms with E-state index < -0.39 is 17.8 Å². The zero-order valence-electron chi connectivity index (χ0n) is 21.5. The maximum absolute atomic E-state index is 13.4. The molecule has 3 aromatic rings. The lowest BCUT2D eigenvalue weighted by molar-refractivity contribution is -0.138. The molecule has 0 radical (unpaired) electrons. The van der Waals surface area contributed by atoms with Gasteiger partial charge in [0.1, 0.15) is 35.9 Å². The van der Waals surface area contributed by atoms with Gasteiger partial charge in [-0.3, -0.25) is 9.88 Å². The highest BCUT2D eigenvalue weighted by molar-refractivity contribution is 5.76. The minimum absolute atomic E-state index is 0.342. The fourth-order valence-corrected chi connectivity index (χ4v) is 4.44. The zero-order chi connectivity index (χ0) is 26.6. The number of aryl methyl sites for hydroxylation is 2. The van der Waals surface area contributed by atoms with E-state index in [1.54, 1.807) is 18.3 Å². The number of hydrogen-bond acceptors (Lipinski definition) is 8. The van der Waals surface area contributed by atoms with E-state index in [1.807, 2.05) is 6.07 Å². The van der Waals surface area contributed by atoms with Crippen LogP contribution in [0.25, 0.3) is 0 Å². The van der Waals surface area contributed by atoms with Gasteiger partial charge >= 0.3 is 5.97 Å². The number of hydrogen-bond donors (Lipinski definition) is 3. The van der Waals surface area contributed by atoms with Crippen molar-refractivity contribution < 1.29 is 19.0 Å². The monoisotopic (exact) mass is 522 g/mol. The molecule has 9 nitrogen and oxygen atoms in total. The van der Waals surface area contributed by atoms with Gasteiger partial charge in [0.15, 0.2) is 0 Å². The Morgan fingerprint density at radius 3 is 2.92 bits per heavy atom. The highest BCUT2D eigenvalue weighted by Gasteiger charge is 2.19. The van der Waals surface area contributed by atoms with Crippen molar-refractivity contribution in [3.63, 3.8) is 0 Å². The summed E-state index contributed by atoms with van der Waals surface area (Å²) in [5.74, 6) is 0.539. The molecule has 0 aliphatic carbocycles. The van der Waals surface area contributed by atoms with E-state index in [9.17, 15) is 14.3 Å². The van der Waals surface area contributed by atoms with E-state index in [-0.39, 0.29) is 0 Å². The van der Waals surface area contributed by atoms with Crippen LogP contribution in [0.1, 0.15) is 36.9 Å². The lowest BCUT2D eigenvalue weighted by atomic mass is 10.1. The smallest absolute Gasteiger partial charge is 0.326 e. The van der Waals surface area contributed by atoms with Crippen LogP contribution in [0.4, 0.5) is 16.0 Å². The zero-order valence-corrected chi connectivity index (χ0v) is 21.5. The van der Waals surface area contributed by atoms with E-state index in [0.29, 0.717) is 37.7 Å². The average molecular weight is 523 g/mol. The number of ether oxygens (including phenoxy) is 1. The molecular formula is C28H35FN6O3. The van der Waals surface area contributed by atoms with Gasteiger partial charge in [-0.2, -0.15) is 0 Å². The largest absolute Gasteiger partial charge is 0.491 e. The van der Waals surface area contributed by atoms with Crippen molar-refractivity contribution >= 4 is 17.6 Å². The van der Waals surface area contributed by atoms with Crippen LogP contribution in [-0.4, -0.2) is 69.8 Å². The van der Waals surface area contributed by atoms with Crippen LogP contribution in [0.2, 0.25) is 0 Å². The van der Waals surface area contributed by atoms with Crippen LogP contribution in [0.15, 0.2) is 55.0 Å². The van der Waals surface area contributed by atoms with Gasteiger partial charge in [0.05, 0.1) is 12.4 Å². The number of anilines is 2. The number of carboxylic acids is 1. The predicted octanol–water partition coefficient (Wildman–Crippen LogP) is 4.03. The third-order valence-corrected chi connectivity index (χ3v) is 6.48. The molecule has 202 valence electrons. The standard InChI is InChI=1S/C28H35FN6O3/c29-22-18-24(20-30-19-22)38-17-16-35(15-11-25(28(36)37)34-26-8-1-3-12-31-26)14-4-2-7-23-10-9-21-6-5-13-32-27(21)33-23/h1,3,8-10,12,18-20,25H,2,4-7,11,13-17H2,(H,31,34)(H,32,33)(H,36,37)/t25-/m0/s1. The maximum Gasteiger partial charge on any atom is 0.326 e. The third-order valence-electron chi connectivity index (χ3n) is 6.48. The number of carbonyl (C=O) groups is 1. The molecule has 0 fully saturated rings. The fraction of sp³-hybridized carbons (Fsp3) is 0.429. The molecule has 3 N–H and O–H groups in total. The summed E-state index contributed by atoms with van der Waals surface area (Å²) in [4.78, 5) is 26.8. The van der Waals surface area contributed by atoms with Gasteiger partial charge in [0, 0.05) is 37.6 Å². The summed E-state index contributed by atoms with van der Waals surface area (Å²) in [6, 6.07) is 10.2. The van der Waals surface area contributed by atoms with Gasteiger partial charge in [-0.1, -0.05) is 12.1 Å². The van der Waals surface area contributed by atoms with Crippen molar-refractivity contribution in [3.05, 3.63) is 72.1 Å². The lowest BCUT2D eigenvalue weighted by Crippen LogP contribution is -2.37. The van der Waals surface area contributed by atoms with E-state index in [2.05, 4.69) is 37.6 Å². The Morgan fingerprint density at radius 1 is 1.18 bits per heavy atom. The van der Waals surface area contributed by atoms with E-state index in [0.717, 1.165) is 62.9 Å². The van der Waals surface area contributed by atoms with Crippen LogP contribution in [0.5, 0.6) is 5.75 Å². The first-order valence-corrected chi connectivity index (χ1v) is 13.2. The molecule has 0 amide bonds. The Morgan fingerprint density at radius 2 is 2.11 bits per heavy atom. The predicted molar refractivity (Wildman–Crippen MR) is 144 cm³/mol. The normalized spacial score (nSPS) is 13.4. The van der Waals surface area contributed by atoms with Gasteiger partial charge in [0.2, 0.25) is 0 Å². The molecule has 10 heteroatoms. The molecule has 4 rings (SSSR count). The highest BCUT2D eigenvalue weighted by Crippen LogP contribution is 2.20. The summed E-state index contributed by atoms with van der Waals surface area (Å²) >= 11 is 0. The maximum atomic E-state index is 13.4. The minimum Gasteiger partial charge on any atom is -0.491 e. The Bertz CT molecular complexity index is 1170. The fourth-order valence-electron chi connectivity index (χ4n) is 4.44. The highest BCUT2D eigenvalue weighted by atomic mass is 19.1. The number of fused-ring (bicyclic) bond motifs is 1. The van der Waals surface area contributed by atoms with E-state index in [1.165, 1.54) is 17.8 Å². The third kappa shape index (κ3) is 8.65. The Hall–Kier alpha value is -3.79. The number of pyridine rings is 3. The molecule has 3 aromatic heterocycles. The Balaban J connectivity index is 1.29. The van der Waals surface area contributed by atoms with E-state index >= 15 is 0 Å². The number of rotatable bonds is 15. The second-order valence-electron chi connectivity index (χ2n) is 9.37. The minimum atomic E-state index is -0.926. The number of nitrogens with one attached hydrogen (secondary N) is 2. The molecule has 0 bridgehead atoms. The molecule has 1 aliphatic rings. The number of carboxylic acid groups (broad SMARTS) is 1. The first-order chi connectivity index (χ1) is 18.6. The molecular weight excluding hydrogens is 487 g/mol. The molecule has 0 aromatic carbocycles. The average Bonchev–Trinajstić information content (AvgIpc) is 2.93. The molecule has 1 aliphatic heterocycles. The van der Waals surface area contributed by atoms with Crippen molar-refractivity contribution in [1.29, 1.82) is 0 Å². The van der Waals surface area contributed by atoms with Crippen molar-refractivity contribution in [2.45, 2.75) is 44.6 Å². The number of unbranched alkanes of at least 4 members (excludes halogenated alkanes) is 1. The Kier molecular flexibility index (Phi) is 10.2. The first kappa shape index (κ1) is 27.3.